The van der Waals surface area contributed by atoms with Crippen molar-refractivity contribution in [2.45, 2.75) is 25.8 Å². The molecule has 0 saturated heterocycles. The number of aromatic nitrogens is 1. The molecule has 1 aromatic heterocycles. The molecule has 0 aliphatic rings. The standard InChI is InChI=1S/C11H12ClNO2/c1-2-5-13-9-4-3-8(7-12)6-10(9)15-11(13)14/h3-4,6H,2,5,7H2,1H3. The molecule has 0 aliphatic carbocycles. The van der Waals surface area contributed by atoms with Crippen LogP contribution in [0.4, 0.5) is 0 Å². The second kappa shape index (κ2) is 4.11. The minimum atomic E-state index is -0.293. The summed E-state index contributed by atoms with van der Waals surface area (Å²) in [5, 5.41) is 0. The van der Waals surface area contributed by atoms with E-state index in [1.54, 1.807) is 4.57 Å². The van der Waals surface area contributed by atoms with E-state index >= 15 is 0 Å². The van der Waals surface area contributed by atoms with E-state index in [-0.39, 0.29) is 5.76 Å². The van der Waals surface area contributed by atoms with Crippen LogP contribution >= 0.6 is 11.6 Å². The highest BCUT2D eigenvalue weighted by molar-refractivity contribution is 6.17. The van der Waals surface area contributed by atoms with Crippen LogP contribution in [0.2, 0.25) is 0 Å². The van der Waals surface area contributed by atoms with E-state index < -0.39 is 0 Å². The summed E-state index contributed by atoms with van der Waals surface area (Å²) in [6.07, 6.45) is 0.909. The number of alkyl halides is 1. The fourth-order valence-corrected chi connectivity index (χ4v) is 1.80. The van der Waals surface area contributed by atoms with Gasteiger partial charge in [0, 0.05) is 12.4 Å². The van der Waals surface area contributed by atoms with Gasteiger partial charge in [-0.15, -0.1) is 11.6 Å². The predicted octanol–water partition coefficient (Wildman–Crippen LogP) is 2.74. The Bertz CT molecular complexity index is 527. The van der Waals surface area contributed by atoms with Crippen molar-refractivity contribution < 1.29 is 4.42 Å². The largest absolute Gasteiger partial charge is 0.419 e. The first-order valence-electron chi connectivity index (χ1n) is 4.94. The maximum absolute atomic E-state index is 11.5. The Labute approximate surface area is 92.3 Å². The van der Waals surface area contributed by atoms with Gasteiger partial charge in [-0.1, -0.05) is 13.0 Å². The van der Waals surface area contributed by atoms with Gasteiger partial charge in [0.25, 0.3) is 0 Å². The van der Waals surface area contributed by atoms with E-state index in [1.165, 1.54) is 0 Å². The van der Waals surface area contributed by atoms with Crippen molar-refractivity contribution in [2.75, 3.05) is 0 Å². The van der Waals surface area contributed by atoms with Crippen LogP contribution in [0.1, 0.15) is 18.9 Å². The van der Waals surface area contributed by atoms with Crippen molar-refractivity contribution in [3.05, 3.63) is 34.3 Å². The molecule has 0 fully saturated rings. The molecule has 1 heterocycles. The van der Waals surface area contributed by atoms with Crippen LogP contribution in [-0.4, -0.2) is 4.57 Å². The zero-order chi connectivity index (χ0) is 10.8. The average Bonchev–Trinajstić information content (AvgIpc) is 2.55. The highest BCUT2D eigenvalue weighted by Crippen LogP contribution is 2.16. The first-order valence-corrected chi connectivity index (χ1v) is 5.48. The monoisotopic (exact) mass is 225 g/mol. The van der Waals surface area contributed by atoms with Crippen molar-refractivity contribution >= 4 is 22.7 Å². The van der Waals surface area contributed by atoms with Gasteiger partial charge < -0.3 is 4.42 Å². The molecule has 0 aliphatic heterocycles. The first kappa shape index (κ1) is 10.3. The second-order valence-corrected chi connectivity index (χ2v) is 3.72. The molecule has 2 rings (SSSR count). The Morgan fingerprint density at radius 1 is 1.47 bits per heavy atom. The minimum absolute atomic E-state index is 0.293. The molecular weight excluding hydrogens is 214 g/mol. The lowest BCUT2D eigenvalue weighted by Crippen LogP contribution is -2.13. The lowest BCUT2D eigenvalue weighted by molar-refractivity contribution is 0.502. The van der Waals surface area contributed by atoms with E-state index in [0.717, 1.165) is 17.5 Å². The molecule has 0 saturated carbocycles. The van der Waals surface area contributed by atoms with Gasteiger partial charge in [0.05, 0.1) is 5.52 Å². The third kappa shape index (κ3) is 1.79. The van der Waals surface area contributed by atoms with E-state index in [2.05, 4.69) is 0 Å². The van der Waals surface area contributed by atoms with Crippen LogP contribution in [0.15, 0.2) is 27.4 Å². The summed E-state index contributed by atoms with van der Waals surface area (Å²) in [6, 6.07) is 5.61. The van der Waals surface area contributed by atoms with Gasteiger partial charge in [-0.2, -0.15) is 0 Å². The summed E-state index contributed by atoms with van der Waals surface area (Å²) >= 11 is 5.71. The normalized spacial score (nSPS) is 11.1. The van der Waals surface area contributed by atoms with Crippen LogP contribution in [0, 0.1) is 0 Å². The average molecular weight is 226 g/mol. The lowest BCUT2D eigenvalue weighted by atomic mass is 10.2. The quantitative estimate of drug-likeness (QED) is 0.753. The van der Waals surface area contributed by atoms with Gasteiger partial charge in [0.15, 0.2) is 5.58 Å². The van der Waals surface area contributed by atoms with E-state index in [9.17, 15) is 4.79 Å². The summed E-state index contributed by atoms with van der Waals surface area (Å²) in [4.78, 5) is 11.5. The minimum Gasteiger partial charge on any atom is -0.408 e. The number of halogens is 1. The Morgan fingerprint density at radius 2 is 2.27 bits per heavy atom. The molecule has 0 N–H and O–H groups in total. The van der Waals surface area contributed by atoms with Crippen LogP contribution in [-0.2, 0) is 12.4 Å². The number of hydrogen-bond donors (Lipinski definition) is 0. The van der Waals surface area contributed by atoms with Crippen molar-refractivity contribution in [3.63, 3.8) is 0 Å². The van der Waals surface area contributed by atoms with Gasteiger partial charge in [0.2, 0.25) is 0 Å². The van der Waals surface area contributed by atoms with Gasteiger partial charge in [-0.05, 0) is 24.1 Å². The molecule has 4 heteroatoms. The predicted molar refractivity (Wildman–Crippen MR) is 60.3 cm³/mol. The Balaban J connectivity index is 2.63. The number of nitrogens with zero attached hydrogens (tertiary/aromatic N) is 1. The maximum Gasteiger partial charge on any atom is 0.419 e. The maximum atomic E-state index is 11.5. The molecule has 80 valence electrons. The first-order chi connectivity index (χ1) is 7.26. The second-order valence-electron chi connectivity index (χ2n) is 3.46. The van der Waals surface area contributed by atoms with Crippen LogP contribution in [0.25, 0.3) is 11.1 Å². The molecule has 0 bridgehead atoms. The van der Waals surface area contributed by atoms with Crippen LogP contribution < -0.4 is 5.76 Å². The number of benzene rings is 1. The van der Waals surface area contributed by atoms with E-state index in [0.29, 0.717) is 18.0 Å². The Morgan fingerprint density at radius 3 is 2.93 bits per heavy atom. The zero-order valence-electron chi connectivity index (χ0n) is 8.50. The van der Waals surface area contributed by atoms with Gasteiger partial charge in [-0.25, -0.2) is 4.79 Å². The van der Waals surface area contributed by atoms with Crippen molar-refractivity contribution in [1.29, 1.82) is 0 Å². The molecular formula is C11H12ClNO2. The highest BCUT2D eigenvalue weighted by Gasteiger charge is 2.08. The number of oxazole rings is 1. The number of rotatable bonds is 3. The summed E-state index contributed by atoms with van der Waals surface area (Å²) in [6.45, 7) is 2.71. The van der Waals surface area contributed by atoms with E-state index in [1.807, 2.05) is 25.1 Å². The number of aryl methyl sites for hydroxylation is 1. The lowest BCUT2D eigenvalue weighted by Gasteiger charge is -1.98. The summed E-state index contributed by atoms with van der Waals surface area (Å²) < 4.78 is 6.79. The molecule has 15 heavy (non-hydrogen) atoms. The third-order valence-corrected chi connectivity index (χ3v) is 2.64. The SMILES string of the molecule is CCCn1c(=O)oc2cc(CCl)ccc21. The van der Waals surface area contributed by atoms with Crippen LogP contribution in [0.3, 0.4) is 0 Å². The third-order valence-electron chi connectivity index (χ3n) is 2.33. The molecule has 0 amide bonds. The van der Waals surface area contributed by atoms with E-state index in [4.69, 9.17) is 16.0 Å². The molecule has 0 atom stereocenters. The van der Waals surface area contributed by atoms with Gasteiger partial charge >= 0.3 is 5.76 Å². The van der Waals surface area contributed by atoms with Gasteiger partial charge in [-0.3, -0.25) is 4.57 Å². The number of fused-ring (bicyclic) bond motifs is 1. The van der Waals surface area contributed by atoms with Crippen molar-refractivity contribution in [2.24, 2.45) is 0 Å². The Hall–Kier alpha value is -1.22. The molecule has 0 radical (unpaired) electrons. The fourth-order valence-electron chi connectivity index (χ4n) is 1.63. The molecule has 3 nitrogen and oxygen atoms in total. The van der Waals surface area contributed by atoms with Gasteiger partial charge in [0.1, 0.15) is 0 Å². The molecule has 1 aromatic carbocycles. The van der Waals surface area contributed by atoms with Crippen LogP contribution in [0.5, 0.6) is 0 Å². The van der Waals surface area contributed by atoms with Crippen molar-refractivity contribution in [3.8, 4) is 0 Å². The summed E-state index contributed by atoms with van der Waals surface area (Å²) in [5.41, 5.74) is 2.42. The van der Waals surface area contributed by atoms with Crippen molar-refractivity contribution in [1.82, 2.24) is 4.57 Å². The Kier molecular flexibility index (Phi) is 2.82. The summed E-state index contributed by atoms with van der Waals surface area (Å²) in [5.74, 6) is 0.136. The zero-order valence-corrected chi connectivity index (χ0v) is 9.25. The summed E-state index contributed by atoms with van der Waals surface area (Å²) in [7, 11) is 0. The number of hydrogen-bond acceptors (Lipinski definition) is 2. The molecule has 0 spiro atoms. The fraction of sp³-hybridized carbons (Fsp3) is 0.364. The smallest absolute Gasteiger partial charge is 0.408 e. The topological polar surface area (TPSA) is 35.1 Å². The highest BCUT2D eigenvalue weighted by atomic mass is 35.5. The molecule has 2 aromatic rings. The molecule has 0 unspecified atom stereocenters.